The predicted molar refractivity (Wildman–Crippen MR) is 39.0 cm³/mol. The lowest BCUT2D eigenvalue weighted by molar-refractivity contribution is 0.0640. The second-order valence-electron chi connectivity index (χ2n) is 3.01. The first-order valence-corrected chi connectivity index (χ1v) is 3.81. The van der Waals surface area contributed by atoms with E-state index in [0.717, 1.165) is 18.5 Å². The van der Waals surface area contributed by atoms with E-state index in [1.54, 1.807) is 13.2 Å². The lowest BCUT2D eigenvalue weighted by atomic mass is 9.80. The maximum Gasteiger partial charge on any atom is 0.0883 e. The Morgan fingerprint density at radius 2 is 2.45 bits per heavy atom. The molecule has 2 rings (SSSR count). The number of rotatable bonds is 1. The maximum absolute atomic E-state index is 9.29. The third kappa shape index (κ3) is 1.03. The molecule has 0 aliphatic heterocycles. The van der Waals surface area contributed by atoms with Crippen LogP contribution in [0.3, 0.4) is 0 Å². The van der Waals surface area contributed by atoms with E-state index in [1.165, 1.54) is 4.80 Å². The van der Waals surface area contributed by atoms with Gasteiger partial charge in [0.25, 0.3) is 0 Å². The first-order chi connectivity index (χ1) is 5.27. The Hall–Kier alpha value is -0.900. The molecule has 0 amide bonds. The SMILES string of the molecule is Cn1ncc(C2CCC2O)n1. The summed E-state index contributed by atoms with van der Waals surface area (Å²) in [6.07, 6.45) is 3.49. The fraction of sp³-hybridized carbons (Fsp3) is 0.714. The van der Waals surface area contributed by atoms with Crippen LogP contribution in [0.1, 0.15) is 24.5 Å². The minimum absolute atomic E-state index is 0.188. The van der Waals surface area contributed by atoms with Crippen molar-refractivity contribution in [3.05, 3.63) is 11.9 Å². The van der Waals surface area contributed by atoms with Gasteiger partial charge in [-0.15, -0.1) is 0 Å². The third-order valence-electron chi connectivity index (χ3n) is 2.24. The molecule has 4 heteroatoms. The van der Waals surface area contributed by atoms with Crippen LogP contribution in [0.5, 0.6) is 0 Å². The summed E-state index contributed by atoms with van der Waals surface area (Å²) in [5.74, 6) is 0.240. The van der Waals surface area contributed by atoms with Gasteiger partial charge in [0.1, 0.15) is 0 Å². The van der Waals surface area contributed by atoms with Gasteiger partial charge in [-0.3, -0.25) is 0 Å². The Bertz CT molecular complexity index is 258. The van der Waals surface area contributed by atoms with E-state index in [9.17, 15) is 5.11 Å². The van der Waals surface area contributed by atoms with Crippen molar-refractivity contribution in [2.45, 2.75) is 24.9 Å². The van der Waals surface area contributed by atoms with E-state index in [4.69, 9.17) is 0 Å². The van der Waals surface area contributed by atoms with Crippen molar-refractivity contribution in [2.75, 3.05) is 0 Å². The van der Waals surface area contributed by atoms with Gasteiger partial charge in [-0.1, -0.05) is 0 Å². The van der Waals surface area contributed by atoms with Crippen molar-refractivity contribution in [2.24, 2.45) is 7.05 Å². The minimum Gasteiger partial charge on any atom is -0.392 e. The molecule has 2 unspecified atom stereocenters. The van der Waals surface area contributed by atoms with Crippen LogP contribution in [0.25, 0.3) is 0 Å². The number of aliphatic hydroxyl groups excluding tert-OH is 1. The molecule has 1 aromatic heterocycles. The van der Waals surface area contributed by atoms with Crippen molar-refractivity contribution in [3.63, 3.8) is 0 Å². The molecule has 0 spiro atoms. The zero-order valence-corrected chi connectivity index (χ0v) is 6.44. The van der Waals surface area contributed by atoms with Crippen LogP contribution in [0.4, 0.5) is 0 Å². The lowest BCUT2D eigenvalue weighted by Crippen LogP contribution is -2.29. The van der Waals surface area contributed by atoms with Crippen LogP contribution < -0.4 is 0 Å². The molecule has 1 saturated carbocycles. The van der Waals surface area contributed by atoms with E-state index in [2.05, 4.69) is 10.2 Å². The summed E-state index contributed by atoms with van der Waals surface area (Å²) < 4.78 is 0. The highest BCUT2D eigenvalue weighted by Crippen LogP contribution is 2.35. The molecule has 1 aliphatic rings. The molecule has 1 N–H and O–H groups in total. The molecule has 1 aliphatic carbocycles. The van der Waals surface area contributed by atoms with Crippen LogP contribution in [0.2, 0.25) is 0 Å². The zero-order chi connectivity index (χ0) is 7.84. The fourth-order valence-corrected chi connectivity index (χ4v) is 1.36. The number of nitrogens with zero attached hydrogens (tertiary/aromatic N) is 3. The highest BCUT2D eigenvalue weighted by molar-refractivity contribution is 5.08. The largest absolute Gasteiger partial charge is 0.392 e. The number of hydrogen-bond acceptors (Lipinski definition) is 3. The number of aromatic nitrogens is 3. The smallest absolute Gasteiger partial charge is 0.0883 e. The molecule has 1 aromatic rings. The lowest BCUT2D eigenvalue weighted by Gasteiger charge is -2.30. The zero-order valence-electron chi connectivity index (χ0n) is 6.44. The van der Waals surface area contributed by atoms with Crippen LogP contribution in [-0.2, 0) is 7.05 Å². The number of hydrogen-bond donors (Lipinski definition) is 1. The van der Waals surface area contributed by atoms with Crippen molar-refractivity contribution in [3.8, 4) is 0 Å². The molecule has 0 radical (unpaired) electrons. The first-order valence-electron chi connectivity index (χ1n) is 3.81. The molecule has 60 valence electrons. The van der Waals surface area contributed by atoms with E-state index in [-0.39, 0.29) is 12.0 Å². The summed E-state index contributed by atoms with van der Waals surface area (Å²) in [5.41, 5.74) is 0.922. The molecule has 1 fully saturated rings. The van der Waals surface area contributed by atoms with E-state index in [1.807, 2.05) is 0 Å². The summed E-state index contributed by atoms with van der Waals surface area (Å²) >= 11 is 0. The van der Waals surface area contributed by atoms with Gasteiger partial charge in [0.2, 0.25) is 0 Å². The Labute approximate surface area is 64.8 Å². The molecule has 11 heavy (non-hydrogen) atoms. The van der Waals surface area contributed by atoms with E-state index < -0.39 is 0 Å². The average Bonchev–Trinajstić information content (AvgIpc) is 2.33. The number of aliphatic hydroxyl groups is 1. The molecule has 0 aromatic carbocycles. The van der Waals surface area contributed by atoms with Crippen LogP contribution in [0.15, 0.2) is 6.20 Å². The Morgan fingerprint density at radius 1 is 1.64 bits per heavy atom. The van der Waals surface area contributed by atoms with Gasteiger partial charge in [-0.05, 0) is 12.8 Å². The average molecular weight is 153 g/mol. The van der Waals surface area contributed by atoms with Gasteiger partial charge >= 0.3 is 0 Å². The van der Waals surface area contributed by atoms with Crippen LogP contribution in [0, 0.1) is 0 Å². The fourth-order valence-electron chi connectivity index (χ4n) is 1.36. The summed E-state index contributed by atoms with van der Waals surface area (Å²) in [4.78, 5) is 1.53. The third-order valence-corrected chi connectivity index (χ3v) is 2.24. The van der Waals surface area contributed by atoms with Gasteiger partial charge in [0.15, 0.2) is 0 Å². The molecule has 4 nitrogen and oxygen atoms in total. The van der Waals surface area contributed by atoms with E-state index in [0.29, 0.717) is 0 Å². The summed E-state index contributed by atoms with van der Waals surface area (Å²) in [7, 11) is 1.79. The standard InChI is InChI=1S/C7H11N3O/c1-10-8-4-6(9-10)5-2-3-7(5)11/h4-5,7,11H,2-3H2,1H3. The second-order valence-corrected chi connectivity index (χ2v) is 3.01. The Morgan fingerprint density at radius 3 is 2.82 bits per heavy atom. The highest BCUT2D eigenvalue weighted by atomic mass is 16.3. The topological polar surface area (TPSA) is 50.9 Å². The normalized spacial score (nSPS) is 30.0. The second kappa shape index (κ2) is 2.30. The molecule has 0 saturated heterocycles. The van der Waals surface area contributed by atoms with Crippen LogP contribution in [-0.4, -0.2) is 26.2 Å². The van der Waals surface area contributed by atoms with Crippen molar-refractivity contribution < 1.29 is 5.11 Å². The van der Waals surface area contributed by atoms with Crippen LogP contribution >= 0.6 is 0 Å². The van der Waals surface area contributed by atoms with Gasteiger partial charge in [-0.2, -0.15) is 15.0 Å². The molecular formula is C7H11N3O. The predicted octanol–water partition coefficient (Wildman–Crippen LogP) is 0.0534. The maximum atomic E-state index is 9.29. The van der Waals surface area contributed by atoms with Gasteiger partial charge in [-0.25, -0.2) is 0 Å². The van der Waals surface area contributed by atoms with Gasteiger partial charge < -0.3 is 5.11 Å². The van der Waals surface area contributed by atoms with Gasteiger partial charge in [0, 0.05) is 13.0 Å². The van der Waals surface area contributed by atoms with Gasteiger partial charge in [0.05, 0.1) is 18.0 Å². The Kier molecular flexibility index (Phi) is 1.42. The molecule has 1 heterocycles. The highest BCUT2D eigenvalue weighted by Gasteiger charge is 2.32. The monoisotopic (exact) mass is 153 g/mol. The van der Waals surface area contributed by atoms with Crippen molar-refractivity contribution >= 4 is 0 Å². The summed E-state index contributed by atoms with van der Waals surface area (Å²) in [6.45, 7) is 0. The van der Waals surface area contributed by atoms with Crippen molar-refractivity contribution in [1.82, 2.24) is 15.0 Å². The molecule has 2 atom stereocenters. The first kappa shape index (κ1) is 6.79. The van der Waals surface area contributed by atoms with Crippen molar-refractivity contribution in [1.29, 1.82) is 0 Å². The molecular weight excluding hydrogens is 142 g/mol. The quantitative estimate of drug-likeness (QED) is 0.620. The molecule has 0 bridgehead atoms. The number of aryl methyl sites for hydroxylation is 1. The summed E-state index contributed by atoms with van der Waals surface area (Å²) in [6, 6.07) is 0. The Balaban J connectivity index is 2.16. The minimum atomic E-state index is -0.188. The summed E-state index contributed by atoms with van der Waals surface area (Å²) in [5, 5.41) is 17.4. The van der Waals surface area contributed by atoms with E-state index >= 15 is 0 Å².